The van der Waals surface area contributed by atoms with Crippen molar-refractivity contribution in [2.75, 3.05) is 26.3 Å². The molecular formula is C13H24N2O4. The number of nitrogens with one attached hydrogen (secondary N) is 1. The number of carbonyl (C=O) groups is 2. The number of amides is 1. The highest BCUT2D eigenvalue weighted by Gasteiger charge is 2.32. The number of carbonyl (C=O) groups excluding carboxylic acids is 1. The Morgan fingerprint density at radius 1 is 1.42 bits per heavy atom. The largest absolute Gasteiger partial charge is 0.481 e. The second kappa shape index (κ2) is 7.45. The topological polar surface area (TPSA) is 78.9 Å². The summed E-state index contributed by atoms with van der Waals surface area (Å²) in [4.78, 5) is 24.8. The van der Waals surface area contributed by atoms with Crippen LogP contribution in [0.2, 0.25) is 0 Å². The molecule has 6 nitrogen and oxygen atoms in total. The molecule has 1 saturated heterocycles. The van der Waals surface area contributed by atoms with Gasteiger partial charge in [-0.1, -0.05) is 13.8 Å². The summed E-state index contributed by atoms with van der Waals surface area (Å²) in [5, 5.41) is 11.8. The van der Waals surface area contributed by atoms with Crippen molar-refractivity contribution in [3.05, 3.63) is 0 Å². The lowest BCUT2D eigenvalue weighted by Gasteiger charge is -2.38. The summed E-state index contributed by atoms with van der Waals surface area (Å²) in [5.74, 6) is -0.517. The van der Waals surface area contributed by atoms with E-state index in [4.69, 9.17) is 9.84 Å². The maximum absolute atomic E-state index is 12.0. The van der Waals surface area contributed by atoms with E-state index in [2.05, 4.69) is 5.32 Å². The van der Waals surface area contributed by atoms with Gasteiger partial charge in [-0.05, 0) is 12.8 Å². The van der Waals surface area contributed by atoms with E-state index < -0.39 is 5.97 Å². The molecule has 0 bridgehead atoms. The van der Waals surface area contributed by atoms with Gasteiger partial charge in [0.25, 0.3) is 0 Å². The smallest absolute Gasteiger partial charge is 0.305 e. The van der Waals surface area contributed by atoms with Crippen molar-refractivity contribution < 1.29 is 19.4 Å². The first-order valence-electron chi connectivity index (χ1n) is 6.74. The number of ether oxygens (including phenoxy) is 1. The van der Waals surface area contributed by atoms with E-state index in [1.807, 2.05) is 25.7 Å². The summed E-state index contributed by atoms with van der Waals surface area (Å²) >= 11 is 0. The molecule has 2 unspecified atom stereocenters. The number of carboxylic acid groups (broad SMARTS) is 1. The Hall–Kier alpha value is -1.14. The normalized spacial score (nSPS) is 22.2. The molecule has 1 rings (SSSR count). The van der Waals surface area contributed by atoms with Crippen LogP contribution >= 0.6 is 0 Å². The molecule has 2 N–H and O–H groups in total. The van der Waals surface area contributed by atoms with E-state index in [0.29, 0.717) is 32.2 Å². The van der Waals surface area contributed by atoms with Crippen LogP contribution in [0.1, 0.15) is 27.2 Å². The molecule has 0 aromatic rings. The quantitative estimate of drug-likeness (QED) is 0.728. The highest BCUT2D eigenvalue weighted by molar-refractivity contribution is 5.81. The molecule has 19 heavy (non-hydrogen) atoms. The van der Waals surface area contributed by atoms with Crippen molar-refractivity contribution in [3.63, 3.8) is 0 Å². The zero-order chi connectivity index (χ0) is 14.4. The summed E-state index contributed by atoms with van der Waals surface area (Å²) in [5.41, 5.74) is 0. The number of morpholine rings is 1. The molecule has 6 heteroatoms. The first-order chi connectivity index (χ1) is 8.91. The zero-order valence-electron chi connectivity index (χ0n) is 11.9. The van der Waals surface area contributed by atoms with Crippen LogP contribution < -0.4 is 5.32 Å². The number of nitrogens with zero attached hydrogens (tertiary/aromatic N) is 1. The lowest BCUT2D eigenvalue weighted by Crippen LogP contribution is -2.55. The Bertz CT molecular complexity index is 320. The first kappa shape index (κ1) is 15.9. The molecule has 0 aliphatic carbocycles. The summed E-state index contributed by atoms with van der Waals surface area (Å²) in [6.45, 7) is 8.02. The van der Waals surface area contributed by atoms with Crippen molar-refractivity contribution >= 4 is 11.9 Å². The van der Waals surface area contributed by atoms with Crippen LogP contribution in [0.3, 0.4) is 0 Å². The molecule has 1 amide bonds. The summed E-state index contributed by atoms with van der Waals surface area (Å²) < 4.78 is 5.30. The minimum atomic E-state index is -0.865. The number of carboxylic acids is 1. The molecule has 0 spiro atoms. The third kappa shape index (κ3) is 5.16. The van der Waals surface area contributed by atoms with Gasteiger partial charge in [-0.3, -0.25) is 14.5 Å². The monoisotopic (exact) mass is 272 g/mol. The number of aliphatic carboxylic acids is 1. The molecule has 1 aliphatic rings. The molecule has 110 valence electrons. The van der Waals surface area contributed by atoms with Crippen LogP contribution in [0.25, 0.3) is 0 Å². The lowest BCUT2D eigenvalue weighted by molar-refractivity contribution is -0.143. The van der Waals surface area contributed by atoms with Crippen LogP contribution in [-0.2, 0) is 14.3 Å². The number of hydrogen-bond acceptors (Lipinski definition) is 4. The molecule has 1 aliphatic heterocycles. The average Bonchev–Trinajstić information content (AvgIpc) is 2.35. The molecule has 0 aromatic carbocycles. The van der Waals surface area contributed by atoms with Gasteiger partial charge in [-0.25, -0.2) is 0 Å². The maximum atomic E-state index is 12.0. The van der Waals surface area contributed by atoms with Gasteiger partial charge in [-0.15, -0.1) is 0 Å². The Morgan fingerprint density at radius 2 is 2.11 bits per heavy atom. The van der Waals surface area contributed by atoms with E-state index in [1.54, 1.807) is 0 Å². The second-order valence-corrected chi connectivity index (χ2v) is 5.38. The third-order valence-electron chi connectivity index (χ3n) is 3.24. The highest BCUT2D eigenvalue weighted by atomic mass is 16.5. The van der Waals surface area contributed by atoms with Crippen molar-refractivity contribution in [2.24, 2.45) is 5.92 Å². The summed E-state index contributed by atoms with van der Waals surface area (Å²) in [7, 11) is 0. The van der Waals surface area contributed by atoms with E-state index in [-0.39, 0.29) is 24.4 Å². The maximum Gasteiger partial charge on any atom is 0.305 e. The van der Waals surface area contributed by atoms with Crippen molar-refractivity contribution in [2.45, 2.75) is 39.3 Å². The number of rotatable bonds is 6. The fourth-order valence-electron chi connectivity index (χ4n) is 2.16. The fourth-order valence-corrected chi connectivity index (χ4v) is 2.16. The van der Waals surface area contributed by atoms with Gasteiger partial charge in [0.15, 0.2) is 0 Å². The van der Waals surface area contributed by atoms with Crippen LogP contribution in [0.15, 0.2) is 0 Å². The van der Waals surface area contributed by atoms with E-state index >= 15 is 0 Å². The first-order valence-corrected chi connectivity index (χ1v) is 6.74. The van der Waals surface area contributed by atoms with Gasteiger partial charge >= 0.3 is 5.97 Å². The molecule has 1 heterocycles. The van der Waals surface area contributed by atoms with E-state index in [9.17, 15) is 9.59 Å². The standard InChI is InChI=1S/C13H24N2O4/c1-9(2)7-14-13(18)10(3)15-4-5-19-8-11(15)6-12(16)17/h9-11H,4-8H2,1-3H3,(H,14,18)(H,16,17). The van der Waals surface area contributed by atoms with Crippen LogP contribution in [0.4, 0.5) is 0 Å². The van der Waals surface area contributed by atoms with Crippen LogP contribution in [0, 0.1) is 5.92 Å². The highest BCUT2D eigenvalue weighted by Crippen LogP contribution is 2.14. The Morgan fingerprint density at radius 3 is 2.68 bits per heavy atom. The second-order valence-electron chi connectivity index (χ2n) is 5.38. The molecule has 1 fully saturated rings. The fraction of sp³-hybridized carbons (Fsp3) is 0.846. The predicted molar refractivity (Wildman–Crippen MR) is 70.9 cm³/mol. The zero-order valence-corrected chi connectivity index (χ0v) is 11.9. The van der Waals surface area contributed by atoms with Gasteiger partial charge in [0.05, 0.1) is 25.7 Å². The van der Waals surface area contributed by atoms with Gasteiger partial charge < -0.3 is 15.2 Å². The van der Waals surface area contributed by atoms with E-state index in [1.165, 1.54) is 0 Å². The van der Waals surface area contributed by atoms with Crippen LogP contribution in [0.5, 0.6) is 0 Å². The molecule has 2 atom stereocenters. The van der Waals surface area contributed by atoms with Crippen molar-refractivity contribution in [3.8, 4) is 0 Å². The molecule has 0 radical (unpaired) electrons. The average molecular weight is 272 g/mol. The SMILES string of the molecule is CC(C)CNC(=O)C(C)N1CCOCC1CC(=O)O. The lowest BCUT2D eigenvalue weighted by atomic mass is 10.1. The van der Waals surface area contributed by atoms with Crippen LogP contribution in [-0.4, -0.2) is 60.3 Å². The van der Waals surface area contributed by atoms with Gasteiger partial charge in [-0.2, -0.15) is 0 Å². The third-order valence-corrected chi connectivity index (χ3v) is 3.24. The van der Waals surface area contributed by atoms with E-state index in [0.717, 1.165) is 0 Å². The van der Waals surface area contributed by atoms with Gasteiger partial charge in [0, 0.05) is 19.1 Å². The minimum absolute atomic E-state index is 0.00179. The Kier molecular flexibility index (Phi) is 6.24. The Labute approximate surface area is 114 Å². The number of hydrogen-bond donors (Lipinski definition) is 2. The molecule has 0 saturated carbocycles. The summed E-state index contributed by atoms with van der Waals surface area (Å²) in [6.07, 6.45) is 0.00179. The summed E-state index contributed by atoms with van der Waals surface area (Å²) in [6, 6.07) is -0.557. The minimum Gasteiger partial charge on any atom is -0.481 e. The molecule has 0 aromatic heterocycles. The van der Waals surface area contributed by atoms with Crippen molar-refractivity contribution in [1.29, 1.82) is 0 Å². The van der Waals surface area contributed by atoms with Gasteiger partial charge in [0.2, 0.25) is 5.91 Å². The Balaban J connectivity index is 2.57. The van der Waals surface area contributed by atoms with Gasteiger partial charge in [0.1, 0.15) is 0 Å². The predicted octanol–water partition coefficient (Wildman–Crippen LogP) is 0.323. The molecular weight excluding hydrogens is 248 g/mol. The van der Waals surface area contributed by atoms with Crippen molar-refractivity contribution in [1.82, 2.24) is 10.2 Å².